The highest BCUT2D eigenvalue weighted by atomic mass is 16.4. The van der Waals surface area contributed by atoms with Crippen molar-refractivity contribution in [2.45, 2.75) is 13.3 Å². The third-order valence-corrected chi connectivity index (χ3v) is 2.11. The van der Waals surface area contributed by atoms with Crippen LogP contribution in [0.15, 0.2) is 36.0 Å². The van der Waals surface area contributed by atoms with Crippen LogP contribution in [0.4, 0.5) is 0 Å². The normalized spacial score (nSPS) is 11.4. The van der Waals surface area contributed by atoms with Crippen LogP contribution >= 0.6 is 0 Å². The van der Waals surface area contributed by atoms with E-state index in [-0.39, 0.29) is 5.84 Å². The van der Waals surface area contributed by atoms with Crippen molar-refractivity contribution in [3.63, 3.8) is 0 Å². The predicted octanol–water partition coefficient (Wildman–Crippen LogP) is 1.82. The summed E-state index contributed by atoms with van der Waals surface area (Å²) in [5, 5.41) is 11.4. The SMILES string of the molecule is C=CCc1ccc(/C(N)=N/O)cc1C. The summed E-state index contributed by atoms with van der Waals surface area (Å²) < 4.78 is 0. The highest BCUT2D eigenvalue weighted by Crippen LogP contribution is 2.11. The van der Waals surface area contributed by atoms with E-state index in [1.165, 1.54) is 5.56 Å². The van der Waals surface area contributed by atoms with Gasteiger partial charge in [0.15, 0.2) is 5.84 Å². The lowest BCUT2D eigenvalue weighted by Gasteiger charge is -2.05. The fourth-order valence-electron chi connectivity index (χ4n) is 1.30. The molecule has 0 aliphatic carbocycles. The first kappa shape index (κ1) is 10.3. The minimum Gasteiger partial charge on any atom is -0.409 e. The minimum atomic E-state index is 0.137. The van der Waals surface area contributed by atoms with Gasteiger partial charge in [-0.15, -0.1) is 6.58 Å². The number of allylic oxidation sites excluding steroid dienone is 1. The van der Waals surface area contributed by atoms with Crippen LogP contribution in [-0.4, -0.2) is 11.0 Å². The van der Waals surface area contributed by atoms with Crippen molar-refractivity contribution in [1.82, 2.24) is 0 Å². The molecule has 1 aromatic carbocycles. The molecule has 0 spiro atoms. The van der Waals surface area contributed by atoms with Crippen LogP contribution in [-0.2, 0) is 6.42 Å². The minimum absolute atomic E-state index is 0.137. The second-order valence-corrected chi connectivity index (χ2v) is 3.12. The van der Waals surface area contributed by atoms with Gasteiger partial charge >= 0.3 is 0 Å². The lowest BCUT2D eigenvalue weighted by molar-refractivity contribution is 0.318. The average Bonchev–Trinajstić information content (AvgIpc) is 2.20. The van der Waals surface area contributed by atoms with Gasteiger partial charge in [-0.3, -0.25) is 0 Å². The first-order chi connectivity index (χ1) is 6.69. The van der Waals surface area contributed by atoms with E-state index in [4.69, 9.17) is 10.9 Å². The van der Waals surface area contributed by atoms with Gasteiger partial charge in [-0.25, -0.2) is 0 Å². The number of aryl methyl sites for hydroxylation is 1. The molecule has 0 amide bonds. The van der Waals surface area contributed by atoms with Crippen LogP contribution in [0.1, 0.15) is 16.7 Å². The Balaban J connectivity index is 3.06. The van der Waals surface area contributed by atoms with Gasteiger partial charge in [0.05, 0.1) is 0 Å². The molecule has 0 aliphatic rings. The zero-order valence-corrected chi connectivity index (χ0v) is 8.20. The van der Waals surface area contributed by atoms with E-state index in [0.717, 1.165) is 17.5 Å². The first-order valence-electron chi connectivity index (χ1n) is 4.37. The van der Waals surface area contributed by atoms with E-state index in [0.29, 0.717) is 0 Å². The van der Waals surface area contributed by atoms with Crippen molar-refractivity contribution in [2.24, 2.45) is 10.9 Å². The monoisotopic (exact) mass is 190 g/mol. The summed E-state index contributed by atoms with van der Waals surface area (Å²) >= 11 is 0. The summed E-state index contributed by atoms with van der Waals surface area (Å²) in [5.41, 5.74) is 8.52. The van der Waals surface area contributed by atoms with E-state index < -0.39 is 0 Å². The first-order valence-corrected chi connectivity index (χ1v) is 4.37. The van der Waals surface area contributed by atoms with E-state index in [1.807, 2.05) is 31.2 Å². The molecule has 0 heterocycles. The molecule has 0 atom stereocenters. The summed E-state index contributed by atoms with van der Waals surface area (Å²) in [6.07, 6.45) is 2.69. The van der Waals surface area contributed by atoms with Crippen molar-refractivity contribution in [2.75, 3.05) is 0 Å². The smallest absolute Gasteiger partial charge is 0.170 e. The Morgan fingerprint density at radius 2 is 2.36 bits per heavy atom. The topological polar surface area (TPSA) is 58.6 Å². The lowest BCUT2D eigenvalue weighted by Crippen LogP contribution is -2.13. The highest BCUT2D eigenvalue weighted by Gasteiger charge is 2.01. The van der Waals surface area contributed by atoms with Crippen LogP contribution in [0, 0.1) is 6.92 Å². The Labute approximate surface area is 83.5 Å². The van der Waals surface area contributed by atoms with Crippen LogP contribution in [0.25, 0.3) is 0 Å². The quantitative estimate of drug-likeness (QED) is 0.251. The van der Waals surface area contributed by atoms with Crippen molar-refractivity contribution in [1.29, 1.82) is 0 Å². The van der Waals surface area contributed by atoms with Gasteiger partial charge in [-0.05, 0) is 30.5 Å². The molecule has 0 unspecified atom stereocenters. The van der Waals surface area contributed by atoms with Crippen molar-refractivity contribution in [3.8, 4) is 0 Å². The Kier molecular flexibility index (Phi) is 3.29. The van der Waals surface area contributed by atoms with Crippen LogP contribution in [0.5, 0.6) is 0 Å². The second kappa shape index (κ2) is 4.46. The molecule has 1 rings (SSSR count). The number of hydrogen-bond acceptors (Lipinski definition) is 2. The summed E-state index contributed by atoms with van der Waals surface area (Å²) in [7, 11) is 0. The fraction of sp³-hybridized carbons (Fsp3) is 0.182. The molecule has 3 nitrogen and oxygen atoms in total. The molecule has 0 fully saturated rings. The molecule has 14 heavy (non-hydrogen) atoms. The van der Waals surface area contributed by atoms with Gasteiger partial charge in [0.1, 0.15) is 0 Å². The molecule has 1 aromatic rings. The van der Waals surface area contributed by atoms with Gasteiger partial charge < -0.3 is 10.9 Å². The Bertz CT molecular complexity index is 370. The molecule has 0 aromatic heterocycles. The number of nitrogens with two attached hydrogens (primary N) is 1. The van der Waals surface area contributed by atoms with Gasteiger partial charge in [-0.1, -0.05) is 23.4 Å². The molecule has 0 saturated carbocycles. The number of rotatable bonds is 3. The lowest BCUT2D eigenvalue weighted by atomic mass is 10.0. The zero-order valence-electron chi connectivity index (χ0n) is 8.20. The summed E-state index contributed by atoms with van der Waals surface area (Å²) in [5.74, 6) is 0.137. The van der Waals surface area contributed by atoms with E-state index in [1.54, 1.807) is 0 Å². The van der Waals surface area contributed by atoms with Gasteiger partial charge in [-0.2, -0.15) is 0 Å². The maximum Gasteiger partial charge on any atom is 0.170 e. The molecule has 3 N–H and O–H groups in total. The van der Waals surface area contributed by atoms with Gasteiger partial charge in [0.2, 0.25) is 0 Å². The molecular formula is C11H14N2O. The second-order valence-electron chi connectivity index (χ2n) is 3.12. The zero-order chi connectivity index (χ0) is 10.6. The Morgan fingerprint density at radius 1 is 1.64 bits per heavy atom. The molecular weight excluding hydrogens is 176 g/mol. The number of amidine groups is 1. The number of nitrogens with zero attached hydrogens (tertiary/aromatic N) is 1. The third kappa shape index (κ3) is 2.13. The molecule has 74 valence electrons. The van der Waals surface area contributed by atoms with Crippen LogP contribution < -0.4 is 5.73 Å². The largest absolute Gasteiger partial charge is 0.409 e. The number of hydrogen-bond donors (Lipinski definition) is 2. The predicted molar refractivity (Wildman–Crippen MR) is 57.6 cm³/mol. The van der Waals surface area contributed by atoms with Crippen LogP contribution in [0.2, 0.25) is 0 Å². The maximum absolute atomic E-state index is 8.50. The van der Waals surface area contributed by atoms with E-state index in [2.05, 4.69) is 11.7 Å². The van der Waals surface area contributed by atoms with Crippen molar-refractivity contribution in [3.05, 3.63) is 47.5 Å². The Hall–Kier alpha value is -1.77. The van der Waals surface area contributed by atoms with Crippen LogP contribution in [0.3, 0.4) is 0 Å². The van der Waals surface area contributed by atoms with E-state index >= 15 is 0 Å². The molecule has 0 saturated heterocycles. The molecule has 0 aliphatic heterocycles. The van der Waals surface area contributed by atoms with Crippen molar-refractivity contribution < 1.29 is 5.21 Å². The fourth-order valence-corrected chi connectivity index (χ4v) is 1.30. The summed E-state index contributed by atoms with van der Waals surface area (Å²) in [6, 6.07) is 5.69. The number of oxime groups is 1. The number of benzene rings is 1. The van der Waals surface area contributed by atoms with E-state index in [9.17, 15) is 0 Å². The Morgan fingerprint density at radius 3 is 2.86 bits per heavy atom. The summed E-state index contributed by atoms with van der Waals surface area (Å²) in [6.45, 7) is 5.68. The highest BCUT2D eigenvalue weighted by molar-refractivity contribution is 5.97. The van der Waals surface area contributed by atoms with Gasteiger partial charge in [0, 0.05) is 5.56 Å². The standard InChI is InChI=1S/C11H14N2O/c1-3-4-9-5-6-10(7-8(9)2)11(12)13-14/h3,5-7,14H,1,4H2,2H3,(H2,12,13). The molecule has 0 radical (unpaired) electrons. The molecule has 3 heteroatoms. The third-order valence-electron chi connectivity index (χ3n) is 2.11. The summed E-state index contributed by atoms with van der Waals surface area (Å²) in [4.78, 5) is 0. The molecule has 0 bridgehead atoms. The van der Waals surface area contributed by atoms with Gasteiger partial charge in [0.25, 0.3) is 0 Å². The average molecular weight is 190 g/mol. The van der Waals surface area contributed by atoms with Crippen molar-refractivity contribution >= 4 is 5.84 Å². The maximum atomic E-state index is 8.50.